The minimum absolute atomic E-state index is 0.159. The van der Waals surface area contributed by atoms with E-state index < -0.39 is 0 Å². The molecule has 1 aromatic heterocycles. The van der Waals surface area contributed by atoms with Crippen molar-refractivity contribution in [3.63, 3.8) is 0 Å². The van der Waals surface area contributed by atoms with Crippen molar-refractivity contribution in [1.82, 2.24) is 0 Å². The first-order valence-corrected chi connectivity index (χ1v) is 6.39. The second kappa shape index (κ2) is 4.59. The van der Waals surface area contributed by atoms with Crippen molar-refractivity contribution in [3.8, 4) is 0 Å². The van der Waals surface area contributed by atoms with Crippen LogP contribution in [0.2, 0.25) is 0 Å². The molecule has 2 rings (SSSR count). The van der Waals surface area contributed by atoms with Crippen molar-refractivity contribution in [2.75, 3.05) is 0 Å². The number of rotatable bonds is 2. The fraction of sp³-hybridized carbons (Fsp3) is 0.286. The molecule has 0 saturated heterocycles. The Hall–Kier alpha value is -1.19. The number of benzene rings is 1. The highest BCUT2D eigenvalue weighted by molar-refractivity contribution is 7.12. The summed E-state index contributed by atoms with van der Waals surface area (Å²) in [6.07, 6.45) is 0. The third-order valence-corrected chi connectivity index (χ3v) is 4.14. The van der Waals surface area contributed by atoms with Gasteiger partial charge in [0.15, 0.2) is 0 Å². The van der Waals surface area contributed by atoms with Gasteiger partial charge in [-0.3, -0.25) is 0 Å². The highest BCUT2D eigenvalue weighted by Crippen LogP contribution is 2.30. The van der Waals surface area contributed by atoms with Crippen LogP contribution in [0.1, 0.15) is 32.5 Å². The molecule has 0 spiro atoms. The molecule has 0 aliphatic heterocycles. The monoisotopic (exact) mass is 249 g/mol. The molecule has 1 heterocycles. The molecule has 3 heteroatoms. The number of thiophene rings is 1. The quantitative estimate of drug-likeness (QED) is 0.859. The van der Waals surface area contributed by atoms with Crippen LogP contribution in [0.25, 0.3) is 0 Å². The molecule has 0 amide bonds. The van der Waals surface area contributed by atoms with Crippen LogP contribution in [0.3, 0.4) is 0 Å². The van der Waals surface area contributed by atoms with Crippen LogP contribution in [0.5, 0.6) is 0 Å². The van der Waals surface area contributed by atoms with Crippen LogP contribution in [0, 0.1) is 26.6 Å². The van der Waals surface area contributed by atoms with E-state index in [-0.39, 0.29) is 11.9 Å². The summed E-state index contributed by atoms with van der Waals surface area (Å²) in [5.41, 5.74) is 9.06. The number of hydrogen-bond donors (Lipinski definition) is 1. The second-order valence-corrected chi connectivity index (χ2v) is 5.68. The van der Waals surface area contributed by atoms with Crippen LogP contribution in [-0.4, -0.2) is 0 Å². The Labute approximate surface area is 105 Å². The summed E-state index contributed by atoms with van der Waals surface area (Å²) < 4.78 is 13.2. The highest BCUT2D eigenvalue weighted by Gasteiger charge is 2.14. The van der Waals surface area contributed by atoms with E-state index in [9.17, 15) is 4.39 Å². The third-order valence-electron chi connectivity index (χ3n) is 2.90. The topological polar surface area (TPSA) is 26.0 Å². The zero-order valence-electron chi connectivity index (χ0n) is 10.3. The number of hydrogen-bond acceptors (Lipinski definition) is 2. The van der Waals surface area contributed by atoms with Gasteiger partial charge >= 0.3 is 0 Å². The van der Waals surface area contributed by atoms with Crippen molar-refractivity contribution in [2.24, 2.45) is 5.73 Å². The van der Waals surface area contributed by atoms with Gasteiger partial charge in [0, 0.05) is 9.75 Å². The van der Waals surface area contributed by atoms with Gasteiger partial charge in [-0.15, -0.1) is 11.3 Å². The SMILES string of the molecule is Cc1cc(C)c(C(N)c2ccc(F)c(C)c2)s1. The van der Waals surface area contributed by atoms with Crippen molar-refractivity contribution in [3.05, 3.63) is 56.5 Å². The summed E-state index contributed by atoms with van der Waals surface area (Å²) in [7, 11) is 0. The average Bonchev–Trinajstić information content (AvgIpc) is 2.61. The Morgan fingerprint density at radius 3 is 2.35 bits per heavy atom. The predicted octanol–water partition coefficient (Wildman–Crippen LogP) is 3.86. The summed E-state index contributed by atoms with van der Waals surface area (Å²) in [6.45, 7) is 5.90. The first kappa shape index (κ1) is 12.3. The summed E-state index contributed by atoms with van der Waals surface area (Å²) in [6, 6.07) is 7.06. The summed E-state index contributed by atoms with van der Waals surface area (Å²) in [5.74, 6) is -0.181. The minimum atomic E-state index is -0.181. The highest BCUT2D eigenvalue weighted by atomic mass is 32.1. The van der Waals surface area contributed by atoms with Crippen molar-refractivity contribution in [2.45, 2.75) is 26.8 Å². The van der Waals surface area contributed by atoms with E-state index in [1.165, 1.54) is 16.5 Å². The van der Waals surface area contributed by atoms with Crippen molar-refractivity contribution in [1.29, 1.82) is 0 Å². The molecule has 1 atom stereocenters. The zero-order valence-corrected chi connectivity index (χ0v) is 11.1. The van der Waals surface area contributed by atoms with Gasteiger partial charge in [-0.05, 0) is 49.6 Å². The van der Waals surface area contributed by atoms with Gasteiger partial charge in [0.1, 0.15) is 5.82 Å². The molecule has 0 fully saturated rings. The fourth-order valence-corrected chi connectivity index (χ4v) is 3.05. The van der Waals surface area contributed by atoms with Crippen LogP contribution >= 0.6 is 11.3 Å². The first-order chi connectivity index (χ1) is 7.99. The molecule has 0 radical (unpaired) electrons. The molecule has 17 heavy (non-hydrogen) atoms. The smallest absolute Gasteiger partial charge is 0.126 e. The van der Waals surface area contributed by atoms with Crippen LogP contribution in [0.4, 0.5) is 4.39 Å². The van der Waals surface area contributed by atoms with E-state index in [4.69, 9.17) is 5.73 Å². The lowest BCUT2D eigenvalue weighted by Crippen LogP contribution is -2.11. The number of aryl methyl sites for hydroxylation is 3. The van der Waals surface area contributed by atoms with Crippen molar-refractivity contribution < 1.29 is 4.39 Å². The van der Waals surface area contributed by atoms with Gasteiger partial charge < -0.3 is 5.73 Å². The Balaban J connectivity index is 2.40. The summed E-state index contributed by atoms with van der Waals surface area (Å²) in [4.78, 5) is 2.42. The molecule has 2 aromatic rings. The third kappa shape index (κ3) is 2.40. The normalized spacial score (nSPS) is 12.8. The van der Waals surface area contributed by atoms with E-state index in [2.05, 4.69) is 19.9 Å². The second-order valence-electron chi connectivity index (χ2n) is 4.39. The van der Waals surface area contributed by atoms with E-state index in [1.54, 1.807) is 24.3 Å². The summed E-state index contributed by atoms with van der Waals surface area (Å²) >= 11 is 1.71. The molecule has 2 N–H and O–H groups in total. The Bertz CT molecular complexity index is 545. The molecule has 1 aromatic carbocycles. The predicted molar refractivity (Wildman–Crippen MR) is 71.0 cm³/mol. The molecule has 1 unspecified atom stereocenters. The van der Waals surface area contributed by atoms with Crippen molar-refractivity contribution >= 4 is 11.3 Å². The molecule has 90 valence electrons. The first-order valence-electron chi connectivity index (χ1n) is 5.57. The van der Waals surface area contributed by atoms with E-state index in [0.29, 0.717) is 5.56 Å². The molecule has 0 bridgehead atoms. The van der Waals surface area contributed by atoms with Crippen LogP contribution in [-0.2, 0) is 0 Å². The van der Waals surface area contributed by atoms with Gasteiger partial charge in [0.2, 0.25) is 0 Å². The molecular weight excluding hydrogens is 233 g/mol. The van der Waals surface area contributed by atoms with E-state index >= 15 is 0 Å². The Morgan fingerprint density at radius 2 is 1.82 bits per heavy atom. The lowest BCUT2D eigenvalue weighted by molar-refractivity contribution is 0.617. The molecular formula is C14H16FNS. The average molecular weight is 249 g/mol. The van der Waals surface area contributed by atoms with Gasteiger partial charge in [-0.1, -0.05) is 12.1 Å². The standard InChI is InChI=1S/C14H16FNS/c1-8-7-11(4-5-12(8)15)13(16)14-9(2)6-10(3)17-14/h4-7,13H,16H2,1-3H3. The molecule has 0 aliphatic carbocycles. The lowest BCUT2D eigenvalue weighted by atomic mass is 10.0. The maximum Gasteiger partial charge on any atom is 0.126 e. The van der Waals surface area contributed by atoms with E-state index in [0.717, 1.165) is 10.4 Å². The largest absolute Gasteiger partial charge is 0.320 e. The zero-order chi connectivity index (χ0) is 12.6. The van der Waals surface area contributed by atoms with E-state index in [1.807, 2.05) is 6.07 Å². The molecule has 0 aliphatic rings. The van der Waals surface area contributed by atoms with Gasteiger partial charge in [0.05, 0.1) is 6.04 Å². The van der Waals surface area contributed by atoms with Gasteiger partial charge in [0.25, 0.3) is 0 Å². The fourth-order valence-electron chi connectivity index (χ4n) is 1.98. The molecule has 0 saturated carbocycles. The van der Waals surface area contributed by atoms with Gasteiger partial charge in [-0.25, -0.2) is 4.39 Å². The molecule has 1 nitrogen and oxygen atoms in total. The maximum atomic E-state index is 13.2. The van der Waals surface area contributed by atoms with Gasteiger partial charge in [-0.2, -0.15) is 0 Å². The number of nitrogens with two attached hydrogens (primary N) is 1. The van der Waals surface area contributed by atoms with Crippen LogP contribution < -0.4 is 5.73 Å². The Morgan fingerprint density at radius 1 is 1.12 bits per heavy atom. The lowest BCUT2D eigenvalue weighted by Gasteiger charge is -2.12. The Kier molecular flexibility index (Phi) is 3.31. The van der Waals surface area contributed by atoms with Crippen LogP contribution in [0.15, 0.2) is 24.3 Å². The summed E-state index contributed by atoms with van der Waals surface area (Å²) in [5, 5.41) is 0. The number of halogens is 1. The maximum absolute atomic E-state index is 13.2. The minimum Gasteiger partial charge on any atom is -0.320 e.